The number of methoxy groups -OCH3 is 1. The number of carbonyl (C=O) groups excluding carboxylic acids is 1. The molecule has 4 nitrogen and oxygen atoms in total. The number of hydrogen-bond acceptors (Lipinski definition) is 2. The van der Waals surface area contributed by atoms with Gasteiger partial charge >= 0.3 is 6.03 Å². The highest BCUT2D eigenvalue weighted by Crippen LogP contribution is 2.59. The summed E-state index contributed by atoms with van der Waals surface area (Å²) >= 11 is 6.51. The van der Waals surface area contributed by atoms with Gasteiger partial charge in [-0.2, -0.15) is 0 Å². The monoisotopic (exact) mass is 434 g/mol. The SMILES string of the molecule is C#CCN1C(=O)N(Cc2ccc(OC)cc2)c2ccc(Cl)cc2C1(CC1CC1)C1CC1. The van der Waals surface area contributed by atoms with Crippen LogP contribution in [0.2, 0.25) is 5.02 Å². The number of ether oxygens (including phenoxy) is 1. The van der Waals surface area contributed by atoms with Crippen molar-refractivity contribution in [3.63, 3.8) is 0 Å². The van der Waals surface area contributed by atoms with Crippen molar-refractivity contribution in [2.45, 2.75) is 44.2 Å². The Bertz CT molecular complexity index is 1040. The van der Waals surface area contributed by atoms with Crippen molar-refractivity contribution in [1.29, 1.82) is 0 Å². The number of amides is 2. The Morgan fingerprint density at radius 1 is 1.16 bits per heavy atom. The normalized spacial score (nSPS) is 22.8. The molecule has 31 heavy (non-hydrogen) atoms. The minimum absolute atomic E-state index is 0.00357. The summed E-state index contributed by atoms with van der Waals surface area (Å²) in [6, 6.07) is 13.8. The molecule has 0 N–H and O–H groups in total. The lowest BCUT2D eigenvalue weighted by molar-refractivity contribution is 0.0859. The third-order valence-electron chi connectivity index (χ3n) is 6.96. The van der Waals surface area contributed by atoms with Crippen LogP contribution in [-0.2, 0) is 12.1 Å². The van der Waals surface area contributed by atoms with Gasteiger partial charge in [-0.1, -0.05) is 42.5 Å². The fourth-order valence-corrected chi connectivity index (χ4v) is 5.34. The lowest BCUT2D eigenvalue weighted by atomic mass is 9.76. The van der Waals surface area contributed by atoms with Gasteiger partial charge in [0.05, 0.1) is 31.4 Å². The van der Waals surface area contributed by atoms with Crippen LogP contribution in [0.5, 0.6) is 5.75 Å². The second-order valence-corrected chi connectivity index (χ2v) is 9.45. The highest BCUT2D eigenvalue weighted by atomic mass is 35.5. The smallest absolute Gasteiger partial charge is 0.326 e. The molecular formula is C26H27ClN2O2. The summed E-state index contributed by atoms with van der Waals surface area (Å²) in [6.07, 6.45) is 11.5. The van der Waals surface area contributed by atoms with E-state index in [0.29, 0.717) is 29.9 Å². The summed E-state index contributed by atoms with van der Waals surface area (Å²) in [7, 11) is 1.65. The van der Waals surface area contributed by atoms with Crippen LogP contribution in [0.4, 0.5) is 10.5 Å². The molecule has 1 atom stereocenters. The van der Waals surface area contributed by atoms with Crippen LogP contribution in [0, 0.1) is 24.2 Å². The van der Waals surface area contributed by atoms with Gasteiger partial charge in [-0.05, 0) is 67.0 Å². The zero-order valence-electron chi connectivity index (χ0n) is 17.8. The Kier molecular flexibility index (Phi) is 5.10. The molecular weight excluding hydrogens is 408 g/mol. The summed E-state index contributed by atoms with van der Waals surface area (Å²) in [4.78, 5) is 17.8. The van der Waals surface area contributed by atoms with Crippen molar-refractivity contribution in [1.82, 2.24) is 4.90 Å². The minimum Gasteiger partial charge on any atom is -0.497 e. The summed E-state index contributed by atoms with van der Waals surface area (Å²) in [5.74, 6) is 4.68. The van der Waals surface area contributed by atoms with Crippen molar-refractivity contribution in [3.8, 4) is 18.1 Å². The van der Waals surface area contributed by atoms with E-state index in [1.165, 1.54) is 12.8 Å². The molecule has 0 spiro atoms. The molecule has 0 aromatic heterocycles. The Labute approximate surface area is 189 Å². The summed E-state index contributed by atoms with van der Waals surface area (Å²) in [5.41, 5.74) is 2.82. The predicted octanol–water partition coefficient (Wildman–Crippen LogP) is 5.83. The quantitative estimate of drug-likeness (QED) is 0.513. The van der Waals surface area contributed by atoms with Crippen LogP contribution in [0.3, 0.4) is 0 Å². The van der Waals surface area contributed by atoms with Crippen molar-refractivity contribution in [2.24, 2.45) is 11.8 Å². The molecule has 2 amide bonds. The number of anilines is 1. The van der Waals surface area contributed by atoms with E-state index < -0.39 is 0 Å². The summed E-state index contributed by atoms with van der Waals surface area (Å²) in [5, 5.41) is 0.707. The zero-order chi connectivity index (χ0) is 21.6. The topological polar surface area (TPSA) is 32.8 Å². The van der Waals surface area contributed by atoms with Gasteiger partial charge in [0.1, 0.15) is 5.75 Å². The molecule has 2 saturated carbocycles. The third-order valence-corrected chi connectivity index (χ3v) is 7.19. The van der Waals surface area contributed by atoms with Crippen LogP contribution in [0.25, 0.3) is 0 Å². The number of hydrogen-bond donors (Lipinski definition) is 0. The van der Waals surface area contributed by atoms with Crippen molar-refractivity contribution >= 4 is 23.3 Å². The van der Waals surface area contributed by atoms with Gasteiger partial charge in [0, 0.05) is 10.6 Å². The standard InChI is InChI=1S/C26H27ClN2O2/c1-3-14-29-25(30)28(17-19-6-11-22(31-2)12-7-19)24-13-10-21(27)15-23(24)26(29,20-8-9-20)16-18-4-5-18/h1,6-7,10-13,15,18,20H,4-5,8-9,14,16-17H2,2H3. The molecule has 2 aromatic rings. The maximum absolute atomic E-state index is 13.9. The van der Waals surface area contributed by atoms with Crippen molar-refractivity contribution in [3.05, 3.63) is 58.6 Å². The van der Waals surface area contributed by atoms with E-state index in [4.69, 9.17) is 22.8 Å². The number of terminal acetylenes is 1. The van der Waals surface area contributed by atoms with Gasteiger partial charge in [-0.25, -0.2) is 4.79 Å². The van der Waals surface area contributed by atoms with Crippen LogP contribution >= 0.6 is 11.6 Å². The summed E-state index contributed by atoms with van der Waals surface area (Å²) in [6.45, 7) is 0.788. The van der Waals surface area contributed by atoms with E-state index in [0.717, 1.165) is 41.8 Å². The molecule has 160 valence electrons. The molecule has 1 unspecified atom stereocenters. The summed E-state index contributed by atoms with van der Waals surface area (Å²) < 4.78 is 5.28. The van der Waals surface area contributed by atoms with Gasteiger partial charge in [0.15, 0.2) is 0 Å². The second-order valence-electron chi connectivity index (χ2n) is 9.01. The molecule has 1 heterocycles. The number of nitrogens with zero attached hydrogens (tertiary/aromatic N) is 2. The van der Waals surface area contributed by atoms with Crippen LogP contribution in [0.1, 0.15) is 43.2 Å². The maximum Gasteiger partial charge on any atom is 0.326 e. The molecule has 2 fully saturated rings. The van der Waals surface area contributed by atoms with Crippen molar-refractivity contribution < 1.29 is 9.53 Å². The highest BCUT2D eigenvalue weighted by Gasteiger charge is 2.58. The van der Waals surface area contributed by atoms with Gasteiger partial charge in [-0.3, -0.25) is 4.90 Å². The van der Waals surface area contributed by atoms with Crippen LogP contribution in [-0.4, -0.2) is 24.6 Å². The number of halogens is 1. The first-order chi connectivity index (χ1) is 15.1. The Morgan fingerprint density at radius 3 is 2.52 bits per heavy atom. The van der Waals surface area contributed by atoms with E-state index in [9.17, 15) is 4.79 Å². The fourth-order valence-electron chi connectivity index (χ4n) is 5.17. The number of urea groups is 1. The number of rotatable bonds is 7. The molecule has 2 aromatic carbocycles. The zero-order valence-corrected chi connectivity index (χ0v) is 18.6. The second kappa shape index (κ2) is 7.80. The molecule has 5 rings (SSSR count). The third kappa shape index (κ3) is 3.55. The highest BCUT2D eigenvalue weighted by molar-refractivity contribution is 6.30. The van der Waals surface area contributed by atoms with E-state index >= 15 is 0 Å². The predicted molar refractivity (Wildman–Crippen MR) is 123 cm³/mol. The number of carbonyl (C=O) groups is 1. The molecule has 0 saturated heterocycles. The molecule has 3 aliphatic rings. The lowest BCUT2D eigenvalue weighted by Crippen LogP contribution is -2.60. The van der Waals surface area contributed by atoms with Gasteiger partial charge < -0.3 is 9.64 Å². The minimum atomic E-state index is -0.346. The lowest BCUT2D eigenvalue weighted by Gasteiger charge is -2.51. The average molecular weight is 435 g/mol. The van der Waals surface area contributed by atoms with E-state index in [1.54, 1.807) is 7.11 Å². The number of fused-ring (bicyclic) bond motifs is 1. The van der Waals surface area contributed by atoms with Gasteiger partial charge in [0.2, 0.25) is 0 Å². The maximum atomic E-state index is 13.9. The van der Waals surface area contributed by atoms with Crippen molar-refractivity contribution in [2.75, 3.05) is 18.6 Å². The first-order valence-electron chi connectivity index (χ1n) is 11.0. The molecule has 5 heteroatoms. The van der Waals surface area contributed by atoms with Gasteiger partial charge in [0.25, 0.3) is 0 Å². The van der Waals surface area contributed by atoms with E-state index in [-0.39, 0.29) is 11.6 Å². The Hall–Kier alpha value is -2.64. The molecule has 0 radical (unpaired) electrons. The van der Waals surface area contributed by atoms with E-state index in [1.807, 2.05) is 46.2 Å². The Morgan fingerprint density at radius 2 is 1.90 bits per heavy atom. The largest absolute Gasteiger partial charge is 0.497 e. The molecule has 0 bridgehead atoms. The fraction of sp³-hybridized carbons (Fsp3) is 0.423. The number of benzene rings is 2. The van der Waals surface area contributed by atoms with Crippen LogP contribution in [0.15, 0.2) is 42.5 Å². The van der Waals surface area contributed by atoms with Crippen LogP contribution < -0.4 is 9.64 Å². The first kappa shape index (κ1) is 20.3. The molecule has 2 aliphatic carbocycles. The first-order valence-corrected chi connectivity index (χ1v) is 11.4. The van der Waals surface area contributed by atoms with Gasteiger partial charge in [-0.15, -0.1) is 6.42 Å². The average Bonchev–Trinajstić information content (AvgIpc) is 3.68. The Balaban J connectivity index is 1.62. The van der Waals surface area contributed by atoms with E-state index in [2.05, 4.69) is 12.0 Å². The molecule has 1 aliphatic heterocycles.